The molecule has 0 aromatic rings. The summed E-state index contributed by atoms with van der Waals surface area (Å²) in [5, 5.41) is 20.8. The lowest BCUT2D eigenvalue weighted by Crippen LogP contribution is -2.30. The van der Waals surface area contributed by atoms with Crippen LogP contribution >= 0.6 is 15.6 Å². The average molecular weight is 1780 g/mol. The minimum Gasteiger partial charge on any atom is -0.463 e. The summed E-state index contributed by atoms with van der Waals surface area (Å²) in [4.78, 5) is 59.1. The summed E-state index contributed by atoms with van der Waals surface area (Å²) < 4.78 is 61.6. The molecular weight excluding hydrogens is 1600 g/mol. The SMILES string of the molecule is CC/C=C\C/C=C\C/C=C\C/C=C\C/C=C\C/C=C\CCCCCCCCCCCCCCCCCCC(=O)OCC(O)COP(=O)(O)OCC(O)COP(=O)(O)OCC(COC(=O)CCCCCCCCCCCCCCCCC/C=C\C/C=C\C/C=C\C/C=C\C/C=C\CC)OC(=O)CCCCCC/C=C\C/C=C\C/C=C\C/C=C\C/C=C\C/C=C\CC. The van der Waals surface area contributed by atoms with Crippen LogP contribution < -0.4 is 0 Å². The van der Waals surface area contributed by atoms with Gasteiger partial charge in [-0.05, 0) is 167 Å². The maximum Gasteiger partial charge on any atom is 0.472 e. The molecule has 0 saturated carbocycles. The summed E-state index contributed by atoms with van der Waals surface area (Å²) in [6.07, 6.45) is 132. The molecule has 0 spiro atoms. The second kappa shape index (κ2) is 97.2. The summed E-state index contributed by atoms with van der Waals surface area (Å²) in [6.45, 7) is 2.35. The van der Waals surface area contributed by atoms with Crippen LogP contribution in [0.5, 0.6) is 0 Å². The Morgan fingerprint density at radius 3 is 0.632 bits per heavy atom. The van der Waals surface area contributed by atoms with Crippen LogP contribution in [0.3, 0.4) is 0 Å². The molecule has 0 radical (unpaired) electrons. The molecule has 0 fully saturated rings. The molecule has 18 heteroatoms. The molecule has 0 aliphatic carbocycles. The number of phosphoric acid groups is 2. The number of rotatable bonds is 92. The molecule has 5 unspecified atom stereocenters. The van der Waals surface area contributed by atoms with E-state index in [1.54, 1.807) is 0 Å². The molecule has 16 nitrogen and oxygen atoms in total. The zero-order valence-corrected chi connectivity index (χ0v) is 80.5. The van der Waals surface area contributed by atoms with E-state index in [1.165, 1.54) is 154 Å². The normalized spacial score (nSPS) is 14.6. The van der Waals surface area contributed by atoms with E-state index >= 15 is 0 Å². The zero-order valence-electron chi connectivity index (χ0n) is 78.7. The van der Waals surface area contributed by atoms with E-state index in [9.17, 15) is 43.5 Å². The van der Waals surface area contributed by atoms with E-state index in [2.05, 4.69) is 227 Å². The van der Waals surface area contributed by atoms with Gasteiger partial charge in [0.2, 0.25) is 0 Å². The Morgan fingerprint density at radius 2 is 0.400 bits per heavy atom. The Kier molecular flexibility index (Phi) is 92.6. The molecule has 0 aromatic heterocycles. The number of ether oxygens (including phenoxy) is 3. The Morgan fingerprint density at radius 1 is 0.224 bits per heavy atom. The van der Waals surface area contributed by atoms with Crippen molar-refractivity contribution < 1.29 is 75.8 Å². The van der Waals surface area contributed by atoms with E-state index in [0.717, 1.165) is 180 Å². The fraction of sp³-hybridized carbons (Fsp3) is 0.654. The number of esters is 3. The second-order valence-electron chi connectivity index (χ2n) is 32.4. The van der Waals surface area contributed by atoms with Crippen molar-refractivity contribution in [1.29, 1.82) is 0 Å². The van der Waals surface area contributed by atoms with Gasteiger partial charge in [-0.25, -0.2) is 9.13 Å². The van der Waals surface area contributed by atoms with Crippen LogP contribution in [-0.2, 0) is 55.8 Å². The lowest BCUT2D eigenvalue weighted by molar-refractivity contribution is -0.161. The summed E-state index contributed by atoms with van der Waals surface area (Å²) in [7, 11) is -9.83. The van der Waals surface area contributed by atoms with Crippen molar-refractivity contribution in [3.63, 3.8) is 0 Å². The molecule has 0 aromatic carbocycles. The fourth-order valence-electron chi connectivity index (χ4n) is 13.1. The quantitative estimate of drug-likeness (QED) is 0.0146. The van der Waals surface area contributed by atoms with Gasteiger partial charge in [0.25, 0.3) is 0 Å². The Hall–Kier alpha value is -5.87. The Balaban J connectivity index is 4.59. The molecule has 0 aliphatic rings. The first-order chi connectivity index (χ1) is 61.2. The predicted molar refractivity (Wildman–Crippen MR) is 527 cm³/mol. The first-order valence-corrected chi connectivity index (χ1v) is 52.4. The highest BCUT2D eigenvalue weighted by molar-refractivity contribution is 7.47. The highest BCUT2D eigenvalue weighted by atomic mass is 31.2. The molecule has 0 amide bonds. The van der Waals surface area contributed by atoms with E-state index < -0.39 is 91.5 Å². The molecule has 0 rings (SSSR count). The topological polar surface area (TPSA) is 231 Å². The first-order valence-electron chi connectivity index (χ1n) is 49.4. The number of unbranched alkanes of at least 4 members (excludes halogenated alkanes) is 35. The van der Waals surface area contributed by atoms with Crippen LogP contribution in [0.25, 0.3) is 0 Å². The van der Waals surface area contributed by atoms with Crippen molar-refractivity contribution >= 4 is 33.6 Å². The van der Waals surface area contributed by atoms with Crippen LogP contribution in [0, 0.1) is 0 Å². The van der Waals surface area contributed by atoms with Gasteiger partial charge in [0.05, 0.1) is 26.4 Å². The van der Waals surface area contributed by atoms with Crippen LogP contribution in [0.1, 0.15) is 393 Å². The fourth-order valence-corrected chi connectivity index (χ4v) is 14.7. The number of phosphoric ester groups is 2. The van der Waals surface area contributed by atoms with E-state index in [1.807, 2.05) is 0 Å². The van der Waals surface area contributed by atoms with Crippen molar-refractivity contribution in [2.24, 2.45) is 0 Å². The lowest BCUT2D eigenvalue weighted by atomic mass is 10.0. The van der Waals surface area contributed by atoms with Crippen LogP contribution in [0.4, 0.5) is 0 Å². The first kappa shape index (κ1) is 119. The largest absolute Gasteiger partial charge is 0.472 e. The Labute approximate surface area is 762 Å². The number of aliphatic hydroxyl groups is 2. The summed E-state index contributed by atoms with van der Waals surface area (Å²) in [5.74, 6) is -1.60. The van der Waals surface area contributed by atoms with E-state index in [-0.39, 0.29) is 19.3 Å². The minimum absolute atomic E-state index is 0.0693. The number of allylic oxidation sites excluding steroid dienone is 34. The highest BCUT2D eigenvalue weighted by Gasteiger charge is 2.30. The maximum absolute atomic E-state index is 13.1. The van der Waals surface area contributed by atoms with Gasteiger partial charge in [0.15, 0.2) is 6.10 Å². The molecule has 0 saturated heterocycles. The minimum atomic E-state index is -4.96. The van der Waals surface area contributed by atoms with Crippen LogP contribution in [0.2, 0.25) is 0 Å². The van der Waals surface area contributed by atoms with Crippen molar-refractivity contribution in [2.75, 3.05) is 39.6 Å². The number of hydrogen-bond acceptors (Lipinski definition) is 14. The number of hydrogen-bond donors (Lipinski definition) is 4. The van der Waals surface area contributed by atoms with Gasteiger partial charge >= 0.3 is 33.6 Å². The summed E-state index contributed by atoms with van der Waals surface area (Å²) >= 11 is 0. The van der Waals surface area contributed by atoms with Gasteiger partial charge in [-0.15, -0.1) is 0 Å². The molecule has 0 heterocycles. The third kappa shape index (κ3) is 98.6. The van der Waals surface area contributed by atoms with Gasteiger partial charge in [0.1, 0.15) is 25.4 Å². The molecule has 0 aliphatic heterocycles. The lowest BCUT2D eigenvalue weighted by Gasteiger charge is -2.21. The molecule has 4 N–H and O–H groups in total. The standard InChI is InChI=1S/C107H178O16P2/c1-4-7-10-13-16-19-22-25-28-31-34-37-40-42-44-46-48-49-50-51-53-55-56-58-61-63-66-69-72-75-78-81-84-87-90-93-105(110)117-96-102(108)97-119-124(113,114)120-98-103(109)99-121-125(115,116)122-101-104(123-107(112)95-92-89-86-83-80-77-74-71-68-65-60-39-36-33-30-27-24-21-18-15-12-9-6-3)100-118-106(111)94-91-88-85-82-79-76-73-70-67-64-62-59-57-54-52-47-45-43-41-38-35-32-29-26-23-20-17-14-11-8-5-2/h7-12,16-21,25-30,34-39,42-45,48-49,65,68,74,77,102-104,108-109H,4-6,13-15,22-24,31-33,40-41,46-47,50-64,66-67,69-73,75-76,78-101H2,1-3H3,(H,113,114)(H,115,116)/b10-7-,11-8-,12-9-,19-16-,20-17-,21-18-,28-25-,29-26-,30-27-,37-34-,38-35-,39-36-,44-42-,45-43-,49-48-,68-65-,77-74-. The number of aliphatic hydroxyl groups excluding tert-OH is 2. The van der Waals surface area contributed by atoms with Crippen LogP contribution in [-0.4, -0.2) is 95.9 Å². The smallest absolute Gasteiger partial charge is 0.463 e. The third-order valence-electron chi connectivity index (χ3n) is 20.5. The predicted octanol–water partition coefficient (Wildman–Crippen LogP) is 31.1. The number of carbonyl (C=O) groups excluding carboxylic acids is 3. The number of carbonyl (C=O) groups is 3. The highest BCUT2D eigenvalue weighted by Crippen LogP contribution is 2.45. The second-order valence-corrected chi connectivity index (χ2v) is 35.3. The summed E-state index contributed by atoms with van der Waals surface area (Å²) in [5.41, 5.74) is 0. The van der Waals surface area contributed by atoms with E-state index in [4.69, 9.17) is 32.3 Å². The van der Waals surface area contributed by atoms with E-state index in [0.29, 0.717) is 19.3 Å². The van der Waals surface area contributed by atoms with Gasteiger partial charge in [-0.2, -0.15) is 0 Å². The zero-order chi connectivity index (χ0) is 90.7. The average Bonchev–Trinajstić information content (AvgIpc) is 0.902. The van der Waals surface area contributed by atoms with Gasteiger partial charge < -0.3 is 34.2 Å². The van der Waals surface area contributed by atoms with Crippen molar-refractivity contribution in [3.05, 3.63) is 207 Å². The monoisotopic (exact) mass is 1780 g/mol. The molecule has 5 atom stereocenters. The molecule has 712 valence electrons. The van der Waals surface area contributed by atoms with Crippen molar-refractivity contribution in [2.45, 2.75) is 411 Å². The van der Waals surface area contributed by atoms with Gasteiger partial charge in [-0.1, -0.05) is 414 Å². The summed E-state index contributed by atoms with van der Waals surface area (Å²) in [6, 6.07) is 0. The van der Waals surface area contributed by atoms with Crippen molar-refractivity contribution in [1.82, 2.24) is 0 Å². The van der Waals surface area contributed by atoms with Crippen molar-refractivity contribution in [3.8, 4) is 0 Å². The van der Waals surface area contributed by atoms with Crippen LogP contribution in [0.15, 0.2) is 207 Å². The third-order valence-corrected chi connectivity index (χ3v) is 22.4. The van der Waals surface area contributed by atoms with Gasteiger partial charge in [0, 0.05) is 19.3 Å². The molecular formula is C107H178O16P2. The Bertz CT molecular complexity index is 3100. The molecule has 0 bridgehead atoms. The van der Waals surface area contributed by atoms with Gasteiger partial charge in [-0.3, -0.25) is 32.5 Å². The maximum atomic E-state index is 13.1. The molecule has 125 heavy (non-hydrogen) atoms.